The van der Waals surface area contributed by atoms with Gasteiger partial charge < -0.3 is 9.94 Å². The summed E-state index contributed by atoms with van der Waals surface area (Å²) in [5.41, 5.74) is -0.236. The lowest BCUT2D eigenvalue weighted by Gasteiger charge is -2.19. The van der Waals surface area contributed by atoms with Gasteiger partial charge in [0.15, 0.2) is 0 Å². The van der Waals surface area contributed by atoms with E-state index in [2.05, 4.69) is 0 Å². The molecular formula is C21H20F2N2O4. The molecular weight excluding hydrogens is 382 g/mol. The van der Waals surface area contributed by atoms with E-state index >= 15 is 0 Å². The summed E-state index contributed by atoms with van der Waals surface area (Å²) in [5, 5.41) is 9.99. The summed E-state index contributed by atoms with van der Waals surface area (Å²) in [5.74, 6) is -1.17. The van der Waals surface area contributed by atoms with Gasteiger partial charge in [0, 0.05) is 5.56 Å². The molecule has 1 heterocycles. The highest BCUT2D eigenvalue weighted by Gasteiger charge is 2.22. The minimum Gasteiger partial charge on any atom is -0.421 e. The van der Waals surface area contributed by atoms with Crippen LogP contribution in [0.2, 0.25) is 0 Å². The Morgan fingerprint density at radius 1 is 0.966 bits per heavy atom. The third kappa shape index (κ3) is 4.27. The Morgan fingerprint density at radius 2 is 1.52 bits per heavy atom. The average Bonchev–Trinajstić information content (AvgIpc) is 2.69. The largest absolute Gasteiger partial charge is 0.421 e. The SMILES string of the molecule is CC(C)c1c(-c2ccc(F)cc2)n(COCc2ccc(F)cc2)c(=O)n(O)c1=O. The smallest absolute Gasteiger partial charge is 0.366 e. The third-order valence-corrected chi connectivity index (χ3v) is 4.46. The second kappa shape index (κ2) is 8.40. The molecule has 0 saturated heterocycles. The van der Waals surface area contributed by atoms with Gasteiger partial charge in [-0.25, -0.2) is 13.6 Å². The van der Waals surface area contributed by atoms with E-state index in [0.29, 0.717) is 11.1 Å². The molecule has 0 aliphatic heterocycles. The first kappa shape index (κ1) is 20.5. The molecule has 0 amide bonds. The molecule has 0 bridgehead atoms. The minimum absolute atomic E-state index is 0.0452. The molecule has 0 unspecified atom stereocenters. The van der Waals surface area contributed by atoms with Crippen LogP contribution >= 0.6 is 0 Å². The molecule has 0 aliphatic carbocycles. The van der Waals surface area contributed by atoms with Crippen molar-refractivity contribution < 1.29 is 18.7 Å². The van der Waals surface area contributed by atoms with E-state index in [1.807, 2.05) is 0 Å². The van der Waals surface area contributed by atoms with E-state index in [4.69, 9.17) is 4.74 Å². The number of benzene rings is 2. The van der Waals surface area contributed by atoms with Crippen molar-refractivity contribution in [3.05, 3.63) is 92.1 Å². The van der Waals surface area contributed by atoms with Crippen LogP contribution in [0.15, 0.2) is 58.1 Å². The monoisotopic (exact) mass is 402 g/mol. The van der Waals surface area contributed by atoms with Crippen LogP contribution < -0.4 is 11.2 Å². The summed E-state index contributed by atoms with van der Waals surface area (Å²) in [6.45, 7) is 3.30. The van der Waals surface area contributed by atoms with Crippen LogP contribution in [0, 0.1) is 11.6 Å². The first-order chi connectivity index (χ1) is 13.8. The highest BCUT2D eigenvalue weighted by Crippen LogP contribution is 2.26. The highest BCUT2D eigenvalue weighted by molar-refractivity contribution is 5.63. The van der Waals surface area contributed by atoms with Crippen LogP contribution in [0.5, 0.6) is 0 Å². The molecule has 152 valence electrons. The van der Waals surface area contributed by atoms with Crippen molar-refractivity contribution >= 4 is 0 Å². The summed E-state index contributed by atoms with van der Waals surface area (Å²) in [6.07, 6.45) is 0. The van der Waals surface area contributed by atoms with E-state index in [0.717, 1.165) is 4.57 Å². The lowest BCUT2D eigenvalue weighted by Crippen LogP contribution is -2.42. The maximum Gasteiger partial charge on any atom is 0.366 e. The number of rotatable bonds is 6. The van der Waals surface area contributed by atoms with Crippen molar-refractivity contribution in [1.29, 1.82) is 0 Å². The van der Waals surface area contributed by atoms with Crippen LogP contribution in [0.25, 0.3) is 11.3 Å². The molecule has 0 aliphatic rings. The Bertz CT molecular complexity index is 1120. The number of aromatic nitrogens is 2. The summed E-state index contributed by atoms with van der Waals surface area (Å²) in [7, 11) is 0. The molecule has 6 nitrogen and oxygen atoms in total. The fourth-order valence-electron chi connectivity index (χ4n) is 3.05. The van der Waals surface area contributed by atoms with Crippen LogP contribution in [-0.2, 0) is 18.1 Å². The van der Waals surface area contributed by atoms with Crippen LogP contribution in [0.4, 0.5) is 8.78 Å². The maximum absolute atomic E-state index is 13.4. The Hall–Kier alpha value is -3.26. The van der Waals surface area contributed by atoms with Gasteiger partial charge in [-0.2, -0.15) is 0 Å². The zero-order chi connectivity index (χ0) is 21.1. The zero-order valence-electron chi connectivity index (χ0n) is 15.9. The van der Waals surface area contributed by atoms with Gasteiger partial charge in [-0.1, -0.05) is 30.7 Å². The molecule has 3 aromatic rings. The van der Waals surface area contributed by atoms with E-state index in [1.165, 1.54) is 36.4 Å². The van der Waals surface area contributed by atoms with Crippen LogP contribution in [-0.4, -0.2) is 14.5 Å². The van der Waals surface area contributed by atoms with Gasteiger partial charge in [0.1, 0.15) is 18.4 Å². The minimum atomic E-state index is -0.974. The van der Waals surface area contributed by atoms with E-state index in [1.54, 1.807) is 26.0 Å². The van der Waals surface area contributed by atoms with Gasteiger partial charge >= 0.3 is 5.69 Å². The molecule has 0 radical (unpaired) electrons. The van der Waals surface area contributed by atoms with Crippen LogP contribution in [0.3, 0.4) is 0 Å². The third-order valence-electron chi connectivity index (χ3n) is 4.46. The van der Waals surface area contributed by atoms with Crippen molar-refractivity contribution in [2.45, 2.75) is 33.1 Å². The Morgan fingerprint density at radius 3 is 2.07 bits per heavy atom. The lowest BCUT2D eigenvalue weighted by atomic mass is 9.98. The summed E-state index contributed by atoms with van der Waals surface area (Å²) in [4.78, 5) is 25.1. The van der Waals surface area contributed by atoms with E-state index < -0.39 is 17.1 Å². The Kier molecular flexibility index (Phi) is 5.93. The zero-order valence-corrected chi connectivity index (χ0v) is 15.9. The van der Waals surface area contributed by atoms with Gasteiger partial charge in [-0.05, 0) is 53.4 Å². The normalized spacial score (nSPS) is 11.2. The molecule has 1 N–H and O–H groups in total. The summed E-state index contributed by atoms with van der Waals surface area (Å²) >= 11 is 0. The number of halogens is 2. The molecule has 8 heteroatoms. The topological polar surface area (TPSA) is 73.5 Å². The molecule has 2 aromatic carbocycles. The summed E-state index contributed by atoms with van der Waals surface area (Å²) < 4.78 is 33.1. The quantitative estimate of drug-likeness (QED) is 0.641. The van der Waals surface area contributed by atoms with Crippen molar-refractivity contribution in [3.8, 4) is 11.3 Å². The second-order valence-corrected chi connectivity index (χ2v) is 6.86. The lowest BCUT2D eigenvalue weighted by molar-refractivity contribution is 0.0531. The summed E-state index contributed by atoms with van der Waals surface area (Å²) in [6, 6.07) is 11.0. The Labute approximate surface area is 165 Å². The Balaban J connectivity index is 2.06. The number of hydrogen-bond acceptors (Lipinski definition) is 4. The van der Waals surface area contributed by atoms with E-state index in [9.17, 15) is 23.6 Å². The van der Waals surface area contributed by atoms with Crippen LogP contribution in [0.1, 0.15) is 30.9 Å². The first-order valence-electron chi connectivity index (χ1n) is 8.96. The predicted molar refractivity (Wildman–Crippen MR) is 103 cm³/mol. The standard InChI is InChI=1S/C21H20F2N2O4/c1-13(2)18-19(15-5-9-17(23)10-6-15)24(21(27)25(28)20(18)26)12-29-11-14-3-7-16(22)8-4-14/h3-10,13,28H,11-12H2,1-2H3. The predicted octanol–water partition coefficient (Wildman–Crippen LogP) is 3.49. The molecule has 0 spiro atoms. The fourth-order valence-corrected chi connectivity index (χ4v) is 3.05. The van der Waals surface area contributed by atoms with Crippen molar-refractivity contribution in [2.24, 2.45) is 0 Å². The number of ether oxygens (including phenoxy) is 1. The van der Waals surface area contributed by atoms with E-state index in [-0.39, 0.29) is 41.1 Å². The second-order valence-electron chi connectivity index (χ2n) is 6.86. The van der Waals surface area contributed by atoms with Gasteiger partial charge in [-0.15, -0.1) is 0 Å². The van der Waals surface area contributed by atoms with Crippen molar-refractivity contribution in [1.82, 2.24) is 9.30 Å². The highest BCUT2D eigenvalue weighted by atomic mass is 19.1. The van der Waals surface area contributed by atoms with Gasteiger partial charge in [0.25, 0.3) is 5.56 Å². The molecule has 1 aromatic heterocycles. The molecule has 0 atom stereocenters. The number of hydrogen-bond donors (Lipinski definition) is 1. The van der Waals surface area contributed by atoms with Crippen molar-refractivity contribution in [2.75, 3.05) is 0 Å². The van der Waals surface area contributed by atoms with Gasteiger partial charge in [-0.3, -0.25) is 9.36 Å². The average molecular weight is 402 g/mol. The first-order valence-corrected chi connectivity index (χ1v) is 8.96. The number of nitrogens with zero attached hydrogens (tertiary/aromatic N) is 2. The molecule has 3 rings (SSSR count). The van der Waals surface area contributed by atoms with Gasteiger partial charge in [0.05, 0.1) is 12.3 Å². The van der Waals surface area contributed by atoms with Gasteiger partial charge in [0.2, 0.25) is 0 Å². The fraction of sp³-hybridized carbons (Fsp3) is 0.238. The van der Waals surface area contributed by atoms with Crippen molar-refractivity contribution in [3.63, 3.8) is 0 Å². The molecule has 0 saturated carbocycles. The maximum atomic E-state index is 13.4. The molecule has 0 fully saturated rings. The molecule has 29 heavy (non-hydrogen) atoms.